The van der Waals surface area contributed by atoms with Crippen LogP contribution < -0.4 is 10.6 Å². The van der Waals surface area contributed by atoms with Gasteiger partial charge in [-0.1, -0.05) is 55.7 Å². The third-order valence-electron chi connectivity index (χ3n) is 7.66. The highest BCUT2D eigenvalue weighted by Gasteiger charge is 2.28. The van der Waals surface area contributed by atoms with Crippen LogP contribution in [-0.4, -0.2) is 47.4 Å². The zero-order chi connectivity index (χ0) is 24.0. The number of nitrogens with one attached hydrogen (secondary N) is 3. The van der Waals surface area contributed by atoms with Gasteiger partial charge in [0.25, 0.3) is 5.91 Å². The number of nitrogens with zero attached hydrogens (tertiary/aromatic N) is 1. The molecule has 0 radical (unpaired) electrons. The minimum Gasteiger partial charge on any atom is -0.361 e. The quantitative estimate of drug-likeness (QED) is 0.462. The van der Waals surface area contributed by atoms with Crippen molar-refractivity contribution in [3.8, 4) is 0 Å². The molecule has 6 nitrogen and oxygen atoms in total. The highest BCUT2D eigenvalue weighted by Crippen LogP contribution is 2.26. The van der Waals surface area contributed by atoms with E-state index in [1.54, 1.807) is 6.07 Å². The molecule has 1 saturated carbocycles. The average molecular weight is 473 g/mol. The first-order valence-corrected chi connectivity index (χ1v) is 13.1. The van der Waals surface area contributed by atoms with Crippen molar-refractivity contribution in [1.29, 1.82) is 0 Å². The van der Waals surface area contributed by atoms with Gasteiger partial charge in [-0.2, -0.15) is 0 Å². The van der Waals surface area contributed by atoms with Crippen molar-refractivity contribution in [2.45, 2.75) is 57.0 Å². The van der Waals surface area contributed by atoms with E-state index < -0.39 is 6.04 Å². The molecule has 1 saturated heterocycles. The fourth-order valence-electron chi connectivity index (χ4n) is 5.63. The minimum atomic E-state index is -0.733. The number of aromatic amines is 1. The maximum absolute atomic E-state index is 13.4. The predicted molar refractivity (Wildman–Crippen MR) is 139 cm³/mol. The van der Waals surface area contributed by atoms with E-state index in [-0.39, 0.29) is 17.9 Å². The summed E-state index contributed by atoms with van der Waals surface area (Å²) in [6.45, 7) is 3.26. The lowest BCUT2D eigenvalue weighted by Crippen LogP contribution is -2.49. The summed E-state index contributed by atoms with van der Waals surface area (Å²) in [5.74, 6) is 0.446. The molecule has 2 fully saturated rings. The first-order chi connectivity index (χ1) is 17.2. The van der Waals surface area contributed by atoms with Crippen LogP contribution in [0.4, 0.5) is 0 Å². The van der Waals surface area contributed by atoms with Gasteiger partial charge in [-0.3, -0.25) is 9.59 Å². The summed E-state index contributed by atoms with van der Waals surface area (Å²) in [4.78, 5) is 32.2. The highest BCUT2D eigenvalue weighted by molar-refractivity contribution is 6.00. The number of benzene rings is 2. The Morgan fingerprint density at radius 2 is 1.71 bits per heavy atom. The molecule has 6 heteroatoms. The van der Waals surface area contributed by atoms with Gasteiger partial charge in [-0.25, -0.2) is 0 Å². The molecule has 1 atom stereocenters. The monoisotopic (exact) mass is 472 g/mol. The molecule has 2 heterocycles. The number of carbonyl (C=O) groups excluding carboxylic acids is 2. The van der Waals surface area contributed by atoms with E-state index in [1.807, 2.05) is 54.7 Å². The second-order valence-electron chi connectivity index (χ2n) is 10.2. The molecule has 3 N–H and O–H groups in total. The number of rotatable bonds is 7. The van der Waals surface area contributed by atoms with Crippen LogP contribution in [0.25, 0.3) is 10.9 Å². The number of fused-ring (bicyclic) bond motifs is 1. The first-order valence-electron chi connectivity index (χ1n) is 13.1. The van der Waals surface area contributed by atoms with Gasteiger partial charge in [0.2, 0.25) is 5.91 Å². The lowest BCUT2D eigenvalue weighted by molar-refractivity contribution is -0.124. The molecule has 3 aromatic rings. The lowest BCUT2D eigenvalue weighted by Gasteiger charge is -2.36. The number of likely N-dealkylation sites (tertiary alicyclic amines) is 1. The number of aromatic nitrogens is 1. The molecular formula is C29H36N4O2. The van der Waals surface area contributed by atoms with E-state index in [4.69, 9.17) is 0 Å². The van der Waals surface area contributed by atoms with Crippen molar-refractivity contribution < 1.29 is 9.59 Å². The Hall–Kier alpha value is -3.12. The predicted octanol–water partition coefficient (Wildman–Crippen LogP) is 4.80. The van der Waals surface area contributed by atoms with Crippen molar-refractivity contribution >= 4 is 22.7 Å². The van der Waals surface area contributed by atoms with E-state index in [9.17, 15) is 9.59 Å². The zero-order valence-corrected chi connectivity index (χ0v) is 20.3. The van der Waals surface area contributed by atoms with E-state index in [0.717, 1.165) is 48.3 Å². The normalized spacial score (nSPS) is 18.9. The van der Waals surface area contributed by atoms with Gasteiger partial charge in [-0.05, 0) is 60.7 Å². The topological polar surface area (TPSA) is 77.2 Å². The van der Waals surface area contributed by atoms with Crippen LogP contribution in [0, 0.1) is 5.92 Å². The lowest BCUT2D eigenvalue weighted by atomic mass is 9.88. The van der Waals surface area contributed by atoms with Gasteiger partial charge in [0.05, 0.1) is 0 Å². The van der Waals surface area contributed by atoms with Crippen LogP contribution >= 0.6 is 0 Å². The second-order valence-corrected chi connectivity index (χ2v) is 10.2. The van der Waals surface area contributed by atoms with Crippen LogP contribution in [0.5, 0.6) is 0 Å². The molecule has 1 aliphatic heterocycles. The molecule has 5 rings (SSSR count). The fraction of sp³-hybridized carbons (Fsp3) is 0.448. The zero-order valence-electron chi connectivity index (χ0n) is 20.3. The average Bonchev–Trinajstić information content (AvgIpc) is 3.37. The summed E-state index contributed by atoms with van der Waals surface area (Å²) in [7, 11) is 0. The number of amides is 2. The molecule has 1 aliphatic carbocycles. The summed E-state index contributed by atoms with van der Waals surface area (Å²) in [6.07, 6.45) is 10.6. The third-order valence-corrected chi connectivity index (χ3v) is 7.66. The van der Waals surface area contributed by atoms with Crippen LogP contribution in [0.3, 0.4) is 0 Å². The summed E-state index contributed by atoms with van der Waals surface area (Å²) in [6, 6.07) is 16.4. The minimum absolute atomic E-state index is 0.142. The van der Waals surface area contributed by atoms with Crippen LogP contribution in [0.2, 0.25) is 0 Å². The van der Waals surface area contributed by atoms with Gasteiger partial charge in [-0.15, -0.1) is 0 Å². The van der Waals surface area contributed by atoms with Crippen molar-refractivity contribution in [1.82, 2.24) is 20.5 Å². The Morgan fingerprint density at radius 1 is 0.943 bits per heavy atom. The van der Waals surface area contributed by atoms with E-state index in [2.05, 4.69) is 20.5 Å². The summed E-state index contributed by atoms with van der Waals surface area (Å²) in [5, 5.41) is 7.27. The first kappa shape index (κ1) is 23.6. The highest BCUT2D eigenvalue weighted by atomic mass is 16.2. The number of hydrogen-bond donors (Lipinski definition) is 3. The maximum atomic E-state index is 13.4. The Kier molecular flexibility index (Phi) is 7.48. The molecule has 1 aromatic heterocycles. The Morgan fingerprint density at radius 3 is 2.49 bits per heavy atom. The Bertz CT molecular complexity index is 1130. The molecule has 2 amide bonds. The van der Waals surface area contributed by atoms with E-state index >= 15 is 0 Å². The smallest absolute Gasteiger partial charge is 0.252 e. The van der Waals surface area contributed by atoms with Crippen LogP contribution in [-0.2, 0) is 4.79 Å². The Balaban J connectivity index is 1.21. The van der Waals surface area contributed by atoms with E-state index in [0.29, 0.717) is 5.56 Å². The standard InChI is InChI=1S/C29H36N4O2/c34-28(24-12-11-22-13-16-30-26(22)19-24)32-27(23-9-5-2-6-10-23)29(35)31-25-14-17-33(18-15-25)20-21-7-3-1-4-8-21/h2,5-6,9-13,16,19,21,25,27,30H,1,3-4,7-8,14-15,17-18,20H2,(H,31,35)(H,32,34)/t27-/m1/s1. The molecular weight excluding hydrogens is 436 g/mol. The van der Waals surface area contributed by atoms with Crippen molar-refractivity contribution in [2.75, 3.05) is 19.6 Å². The molecule has 0 unspecified atom stereocenters. The summed E-state index contributed by atoms with van der Waals surface area (Å²) < 4.78 is 0. The molecule has 0 bridgehead atoms. The second kappa shape index (κ2) is 11.1. The van der Waals surface area contributed by atoms with Crippen molar-refractivity contribution in [2.24, 2.45) is 5.92 Å². The molecule has 184 valence electrons. The maximum Gasteiger partial charge on any atom is 0.252 e. The number of hydrogen-bond acceptors (Lipinski definition) is 3. The summed E-state index contributed by atoms with van der Waals surface area (Å²) >= 11 is 0. The van der Waals surface area contributed by atoms with Crippen molar-refractivity contribution in [3.05, 3.63) is 71.9 Å². The Labute approximate surface area is 207 Å². The largest absolute Gasteiger partial charge is 0.361 e. The summed E-state index contributed by atoms with van der Waals surface area (Å²) in [5.41, 5.74) is 2.22. The van der Waals surface area contributed by atoms with Gasteiger partial charge < -0.3 is 20.5 Å². The number of piperidine rings is 1. The van der Waals surface area contributed by atoms with Gasteiger partial charge in [0.1, 0.15) is 6.04 Å². The molecule has 0 spiro atoms. The van der Waals surface area contributed by atoms with Crippen molar-refractivity contribution in [3.63, 3.8) is 0 Å². The van der Waals surface area contributed by atoms with Gasteiger partial charge >= 0.3 is 0 Å². The number of carbonyl (C=O) groups is 2. The van der Waals surface area contributed by atoms with Gasteiger partial charge in [0.15, 0.2) is 0 Å². The van der Waals surface area contributed by atoms with Crippen LogP contribution in [0.15, 0.2) is 60.8 Å². The van der Waals surface area contributed by atoms with Crippen LogP contribution in [0.1, 0.15) is 66.9 Å². The molecule has 35 heavy (non-hydrogen) atoms. The number of H-pyrrole nitrogens is 1. The molecule has 2 aliphatic rings. The fourth-order valence-corrected chi connectivity index (χ4v) is 5.63. The SMILES string of the molecule is O=C(N[C@@H](C(=O)NC1CCN(CC2CCCCC2)CC1)c1ccccc1)c1ccc2cc[nH]c2c1. The van der Waals surface area contributed by atoms with Gasteiger partial charge in [0, 0.05) is 43.0 Å². The third kappa shape index (κ3) is 5.93. The molecule has 2 aromatic carbocycles. The van der Waals surface area contributed by atoms with E-state index in [1.165, 1.54) is 38.6 Å².